The molecule has 1 amide bonds. The first kappa shape index (κ1) is 12.8. The molecule has 1 aromatic rings. The molecule has 1 fully saturated rings. The molecule has 0 aliphatic carbocycles. The third kappa shape index (κ3) is 3.19. The van der Waals surface area contributed by atoms with Crippen LogP contribution in [-0.2, 0) is 0 Å². The largest absolute Gasteiger partial charge is 0.348 e. The summed E-state index contributed by atoms with van der Waals surface area (Å²) in [5, 5.41) is 6.51. The molecule has 1 aliphatic heterocycles. The van der Waals surface area contributed by atoms with Crippen molar-refractivity contribution in [3.63, 3.8) is 0 Å². The van der Waals surface area contributed by atoms with Crippen molar-refractivity contribution in [1.29, 1.82) is 0 Å². The number of halogens is 1. The Kier molecular flexibility index (Phi) is 4.39. The van der Waals surface area contributed by atoms with Crippen LogP contribution in [0.4, 0.5) is 0 Å². The van der Waals surface area contributed by atoms with Crippen LogP contribution in [0.15, 0.2) is 24.3 Å². The van der Waals surface area contributed by atoms with E-state index in [4.69, 9.17) is 0 Å². The van der Waals surface area contributed by atoms with E-state index in [1.807, 2.05) is 24.3 Å². The van der Waals surface area contributed by atoms with E-state index in [-0.39, 0.29) is 11.9 Å². The van der Waals surface area contributed by atoms with E-state index in [1.165, 1.54) is 0 Å². The highest BCUT2D eigenvalue weighted by atomic mass is 127. The van der Waals surface area contributed by atoms with E-state index in [1.54, 1.807) is 0 Å². The van der Waals surface area contributed by atoms with Gasteiger partial charge in [-0.05, 0) is 61.0 Å². The van der Waals surface area contributed by atoms with E-state index in [9.17, 15) is 4.79 Å². The van der Waals surface area contributed by atoms with Gasteiger partial charge in [0.1, 0.15) is 0 Å². The first-order chi connectivity index (χ1) is 8.18. The third-order valence-corrected chi connectivity index (χ3v) is 4.14. The minimum absolute atomic E-state index is 0.0375. The van der Waals surface area contributed by atoms with Crippen LogP contribution in [0.3, 0.4) is 0 Å². The lowest BCUT2D eigenvalue weighted by Crippen LogP contribution is -2.52. The molecule has 2 rings (SSSR count). The second-order valence-electron chi connectivity index (χ2n) is 4.44. The number of amides is 1. The molecule has 1 aliphatic rings. The van der Waals surface area contributed by atoms with Crippen molar-refractivity contribution in [3.05, 3.63) is 33.4 Å². The molecule has 2 N–H and O–H groups in total. The van der Waals surface area contributed by atoms with Crippen LogP contribution < -0.4 is 10.6 Å². The van der Waals surface area contributed by atoms with Gasteiger partial charge in [0.2, 0.25) is 0 Å². The van der Waals surface area contributed by atoms with Crippen molar-refractivity contribution in [2.24, 2.45) is 0 Å². The van der Waals surface area contributed by atoms with Crippen molar-refractivity contribution >= 4 is 28.5 Å². The molecule has 0 aromatic heterocycles. The third-order valence-electron chi connectivity index (χ3n) is 3.20. The molecule has 1 heterocycles. The Hall–Kier alpha value is -0.620. The van der Waals surface area contributed by atoms with Gasteiger partial charge in [-0.25, -0.2) is 0 Å². The molecular weight excluding hydrogens is 327 g/mol. The highest BCUT2D eigenvalue weighted by molar-refractivity contribution is 14.1. The van der Waals surface area contributed by atoms with Crippen LogP contribution in [-0.4, -0.2) is 24.5 Å². The molecule has 1 saturated heterocycles. The number of piperidine rings is 1. The standard InChI is InChI=1S/C13H17IN2O/c1-9-12(7-4-8-15-9)16-13(17)10-5-2-3-6-11(10)14/h2-3,5-6,9,12,15H,4,7-8H2,1H3,(H,16,17). The van der Waals surface area contributed by atoms with Gasteiger partial charge in [-0.3, -0.25) is 4.79 Å². The summed E-state index contributed by atoms with van der Waals surface area (Å²) in [4.78, 5) is 12.1. The smallest absolute Gasteiger partial charge is 0.252 e. The van der Waals surface area contributed by atoms with Crippen molar-refractivity contribution < 1.29 is 4.79 Å². The van der Waals surface area contributed by atoms with E-state index in [2.05, 4.69) is 40.1 Å². The lowest BCUT2D eigenvalue weighted by Gasteiger charge is -2.30. The molecule has 1 aromatic carbocycles. The summed E-state index contributed by atoms with van der Waals surface area (Å²) in [6, 6.07) is 8.28. The van der Waals surface area contributed by atoms with Gasteiger partial charge in [0.05, 0.1) is 5.56 Å². The minimum Gasteiger partial charge on any atom is -0.348 e. The highest BCUT2D eigenvalue weighted by Gasteiger charge is 2.23. The number of carbonyl (C=O) groups is 1. The van der Waals surface area contributed by atoms with E-state index in [0.717, 1.165) is 28.5 Å². The van der Waals surface area contributed by atoms with E-state index in [0.29, 0.717) is 6.04 Å². The van der Waals surface area contributed by atoms with Gasteiger partial charge in [0.25, 0.3) is 5.91 Å². The number of benzene rings is 1. The molecule has 0 spiro atoms. The number of hydrogen-bond donors (Lipinski definition) is 2. The Bertz CT molecular complexity index is 408. The Morgan fingerprint density at radius 2 is 2.24 bits per heavy atom. The van der Waals surface area contributed by atoms with Crippen LogP contribution in [0.5, 0.6) is 0 Å². The summed E-state index contributed by atoms with van der Waals surface area (Å²) >= 11 is 2.20. The normalized spacial score (nSPS) is 24.4. The quantitative estimate of drug-likeness (QED) is 0.808. The maximum atomic E-state index is 12.1. The first-order valence-corrected chi connectivity index (χ1v) is 7.05. The lowest BCUT2D eigenvalue weighted by atomic mass is 9.99. The van der Waals surface area contributed by atoms with Gasteiger partial charge in [-0.1, -0.05) is 12.1 Å². The molecule has 0 radical (unpaired) electrons. The van der Waals surface area contributed by atoms with Gasteiger partial charge < -0.3 is 10.6 Å². The highest BCUT2D eigenvalue weighted by Crippen LogP contribution is 2.13. The summed E-state index contributed by atoms with van der Waals surface area (Å²) < 4.78 is 0.999. The first-order valence-electron chi connectivity index (χ1n) is 5.97. The van der Waals surface area contributed by atoms with Crippen molar-refractivity contribution in [3.8, 4) is 0 Å². The molecular formula is C13H17IN2O. The Morgan fingerprint density at radius 1 is 1.47 bits per heavy atom. The molecule has 0 bridgehead atoms. The fourth-order valence-corrected chi connectivity index (χ4v) is 2.76. The number of carbonyl (C=O) groups excluding carboxylic acids is 1. The van der Waals surface area contributed by atoms with E-state index < -0.39 is 0 Å². The second kappa shape index (κ2) is 5.82. The summed E-state index contributed by atoms with van der Waals surface area (Å²) in [7, 11) is 0. The van der Waals surface area contributed by atoms with Crippen molar-refractivity contribution in [1.82, 2.24) is 10.6 Å². The topological polar surface area (TPSA) is 41.1 Å². The summed E-state index contributed by atoms with van der Waals surface area (Å²) in [5.74, 6) is 0.0375. The Balaban J connectivity index is 2.04. The minimum atomic E-state index is 0.0375. The van der Waals surface area contributed by atoms with Crippen molar-refractivity contribution in [2.75, 3.05) is 6.54 Å². The molecule has 2 unspecified atom stereocenters. The maximum Gasteiger partial charge on any atom is 0.252 e. The fourth-order valence-electron chi connectivity index (χ4n) is 2.13. The summed E-state index contributed by atoms with van der Waals surface area (Å²) in [6.45, 7) is 3.18. The van der Waals surface area contributed by atoms with Crippen LogP contribution >= 0.6 is 22.6 Å². The molecule has 17 heavy (non-hydrogen) atoms. The Morgan fingerprint density at radius 3 is 2.94 bits per heavy atom. The number of nitrogens with one attached hydrogen (secondary N) is 2. The average Bonchev–Trinajstić information content (AvgIpc) is 2.32. The molecule has 92 valence electrons. The lowest BCUT2D eigenvalue weighted by molar-refractivity contribution is 0.0919. The zero-order valence-electron chi connectivity index (χ0n) is 9.87. The zero-order valence-corrected chi connectivity index (χ0v) is 12.0. The van der Waals surface area contributed by atoms with Gasteiger partial charge >= 0.3 is 0 Å². The predicted octanol–water partition coefficient (Wildman–Crippen LogP) is 2.16. The monoisotopic (exact) mass is 344 g/mol. The van der Waals surface area contributed by atoms with Gasteiger partial charge in [-0.2, -0.15) is 0 Å². The summed E-state index contributed by atoms with van der Waals surface area (Å²) in [5.41, 5.74) is 0.769. The van der Waals surface area contributed by atoms with Crippen LogP contribution in [0, 0.1) is 3.57 Å². The maximum absolute atomic E-state index is 12.1. The second-order valence-corrected chi connectivity index (χ2v) is 5.61. The van der Waals surface area contributed by atoms with Gasteiger partial charge in [0.15, 0.2) is 0 Å². The van der Waals surface area contributed by atoms with E-state index >= 15 is 0 Å². The predicted molar refractivity (Wildman–Crippen MR) is 77.1 cm³/mol. The number of hydrogen-bond acceptors (Lipinski definition) is 2. The Labute approximate surface area is 116 Å². The fraction of sp³-hybridized carbons (Fsp3) is 0.462. The zero-order chi connectivity index (χ0) is 12.3. The molecule has 2 atom stereocenters. The van der Waals surface area contributed by atoms with Crippen molar-refractivity contribution in [2.45, 2.75) is 31.8 Å². The molecule has 3 nitrogen and oxygen atoms in total. The SMILES string of the molecule is CC1NCCCC1NC(=O)c1ccccc1I. The van der Waals surface area contributed by atoms with Gasteiger partial charge in [0, 0.05) is 15.7 Å². The van der Waals surface area contributed by atoms with Crippen LogP contribution in [0.1, 0.15) is 30.1 Å². The van der Waals surface area contributed by atoms with Crippen LogP contribution in [0.25, 0.3) is 0 Å². The van der Waals surface area contributed by atoms with Gasteiger partial charge in [-0.15, -0.1) is 0 Å². The molecule has 0 saturated carbocycles. The average molecular weight is 344 g/mol. The summed E-state index contributed by atoms with van der Waals surface area (Å²) in [6.07, 6.45) is 2.19. The molecule has 4 heteroatoms. The van der Waals surface area contributed by atoms with Crippen LogP contribution in [0.2, 0.25) is 0 Å². The number of rotatable bonds is 2.